The Morgan fingerprint density at radius 1 is 1.32 bits per heavy atom. The van der Waals surface area contributed by atoms with Gasteiger partial charge in [0.2, 0.25) is 0 Å². The number of rotatable bonds is 5. The zero-order valence-corrected chi connectivity index (χ0v) is 11.1. The maximum absolute atomic E-state index is 11.5. The third-order valence-corrected chi connectivity index (χ3v) is 2.49. The predicted molar refractivity (Wildman–Crippen MR) is 73.7 cm³/mol. The van der Waals surface area contributed by atoms with Crippen molar-refractivity contribution in [1.82, 2.24) is 10.2 Å². The lowest BCUT2D eigenvalue weighted by molar-refractivity contribution is -0.131. The number of hydrogen-bond donors (Lipinski definition) is 2. The molecule has 5 nitrogen and oxygen atoms in total. The number of carbonyl (C=O) groups excluding carboxylic acids is 1. The van der Waals surface area contributed by atoms with E-state index in [0.717, 1.165) is 17.2 Å². The summed E-state index contributed by atoms with van der Waals surface area (Å²) < 4.78 is 0. The molecule has 2 N–H and O–H groups in total. The first-order valence-corrected chi connectivity index (χ1v) is 6.02. The van der Waals surface area contributed by atoms with Crippen molar-refractivity contribution in [3.63, 3.8) is 0 Å². The van der Waals surface area contributed by atoms with Crippen molar-refractivity contribution in [1.29, 1.82) is 0 Å². The number of urea groups is 1. The van der Waals surface area contributed by atoms with Gasteiger partial charge in [-0.1, -0.05) is 24.3 Å². The predicted octanol–water partition coefficient (Wildman–Crippen LogP) is 1.95. The van der Waals surface area contributed by atoms with Crippen LogP contribution in [0, 0.1) is 0 Å². The number of aliphatic carboxylic acids is 1. The number of carboxylic acid groups (broad SMARTS) is 1. The molecule has 0 saturated heterocycles. The van der Waals surface area contributed by atoms with Crippen LogP contribution < -0.4 is 5.32 Å². The quantitative estimate of drug-likeness (QED) is 0.797. The molecule has 1 aromatic carbocycles. The largest absolute Gasteiger partial charge is 0.478 e. The third-order valence-electron chi connectivity index (χ3n) is 2.49. The lowest BCUT2D eigenvalue weighted by atomic mass is 10.1. The summed E-state index contributed by atoms with van der Waals surface area (Å²) in [6.45, 7) is 2.98. The summed E-state index contributed by atoms with van der Waals surface area (Å²) in [5.41, 5.74) is 1.80. The van der Waals surface area contributed by atoms with Gasteiger partial charge in [-0.15, -0.1) is 0 Å². The van der Waals surface area contributed by atoms with E-state index in [9.17, 15) is 9.59 Å². The van der Waals surface area contributed by atoms with Gasteiger partial charge < -0.3 is 15.3 Å². The molecule has 2 amide bonds. The fourth-order valence-corrected chi connectivity index (χ4v) is 1.53. The van der Waals surface area contributed by atoms with E-state index in [1.54, 1.807) is 11.9 Å². The number of carbonyl (C=O) groups is 2. The molecular weight excluding hydrogens is 244 g/mol. The molecule has 19 heavy (non-hydrogen) atoms. The maximum atomic E-state index is 11.5. The molecule has 0 atom stereocenters. The van der Waals surface area contributed by atoms with Gasteiger partial charge in [0.25, 0.3) is 0 Å². The molecule has 0 fully saturated rings. The topological polar surface area (TPSA) is 69.6 Å². The van der Waals surface area contributed by atoms with Gasteiger partial charge in [-0.2, -0.15) is 0 Å². The summed E-state index contributed by atoms with van der Waals surface area (Å²) in [4.78, 5) is 23.5. The molecule has 0 aliphatic rings. The third kappa shape index (κ3) is 5.25. The molecule has 0 aliphatic heterocycles. The first-order valence-electron chi connectivity index (χ1n) is 6.02. The molecule has 0 aromatic heterocycles. The Morgan fingerprint density at radius 3 is 2.47 bits per heavy atom. The van der Waals surface area contributed by atoms with Gasteiger partial charge >= 0.3 is 12.0 Å². The Kier molecular flexibility index (Phi) is 5.60. The highest BCUT2D eigenvalue weighted by atomic mass is 16.4. The molecule has 102 valence electrons. The van der Waals surface area contributed by atoms with Crippen LogP contribution in [-0.2, 0) is 11.3 Å². The molecule has 5 heteroatoms. The Hall–Kier alpha value is -2.30. The van der Waals surface area contributed by atoms with E-state index >= 15 is 0 Å². The van der Waals surface area contributed by atoms with Gasteiger partial charge in [0.05, 0.1) is 0 Å². The molecule has 0 unspecified atom stereocenters. The summed E-state index contributed by atoms with van der Waals surface area (Å²) in [5.74, 6) is -0.972. The normalized spacial score (nSPS) is 10.4. The Labute approximate surface area is 112 Å². The second-order valence-corrected chi connectivity index (χ2v) is 4.10. The van der Waals surface area contributed by atoms with Crippen LogP contribution in [0.1, 0.15) is 18.1 Å². The fraction of sp³-hybridized carbons (Fsp3) is 0.286. The van der Waals surface area contributed by atoms with Crippen LogP contribution in [0.25, 0.3) is 6.08 Å². The van der Waals surface area contributed by atoms with Gasteiger partial charge in [-0.05, 0) is 24.1 Å². The number of amides is 2. The van der Waals surface area contributed by atoms with E-state index in [-0.39, 0.29) is 6.03 Å². The molecule has 0 bridgehead atoms. The second-order valence-electron chi connectivity index (χ2n) is 4.10. The van der Waals surface area contributed by atoms with Crippen LogP contribution in [-0.4, -0.2) is 35.6 Å². The SMILES string of the molecule is CCNC(=O)N(C)Cc1ccc(/C=C/C(=O)O)cc1. The van der Waals surface area contributed by atoms with Crippen molar-refractivity contribution in [2.24, 2.45) is 0 Å². The van der Waals surface area contributed by atoms with Crippen LogP contribution in [0.15, 0.2) is 30.3 Å². The number of carboxylic acids is 1. The van der Waals surface area contributed by atoms with Crippen LogP contribution in [0.2, 0.25) is 0 Å². The monoisotopic (exact) mass is 262 g/mol. The standard InChI is InChI=1S/C14H18N2O3/c1-3-15-14(19)16(2)10-12-6-4-11(5-7-12)8-9-13(17)18/h4-9H,3,10H2,1-2H3,(H,15,19)(H,17,18)/b9-8+. The van der Waals surface area contributed by atoms with Gasteiger partial charge in [-0.25, -0.2) is 9.59 Å². The molecule has 1 rings (SSSR count). The molecule has 0 aliphatic carbocycles. The van der Waals surface area contributed by atoms with Crippen molar-refractivity contribution < 1.29 is 14.7 Å². The first-order chi connectivity index (χ1) is 9.02. The number of hydrogen-bond acceptors (Lipinski definition) is 2. The highest BCUT2D eigenvalue weighted by molar-refractivity contribution is 5.85. The Morgan fingerprint density at radius 2 is 1.95 bits per heavy atom. The zero-order valence-electron chi connectivity index (χ0n) is 11.1. The smallest absolute Gasteiger partial charge is 0.328 e. The van der Waals surface area contributed by atoms with E-state index in [1.165, 1.54) is 6.08 Å². The number of nitrogens with zero attached hydrogens (tertiary/aromatic N) is 1. The average Bonchev–Trinajstić information content (AvgIpc) is 2.38. The minimum Gasteiger partial charge on any atom is -0.478 e. The summed E-state index contributed by atoms with van der Waals surface area (Å²) in [6, 6.07) is 7.27. The minimum absolute atomic E-state index is 0.114. The zero-order chi connectivity index (χ0) is 14.3. The van der Waals surface area contributed by atoms with E-state index in [4.69, 9.17) is 5.11 Å². The first kappa shape index (κ1) is 14.8. The lowest BCUT2D eigenvalue weighted by Crippen LogP contribution is -2.36. The van der Waals surface area contributed by atoms with E-state index in [1.807, 2.05) is 31.2 Å². The summed E-state index contributed by atoms with van der Waals surface area (Å²) >= 11 is 0. The van der Waals surface area contributed by atoms with Gasteiger partial charge in [0.15, 0.2) is 0 Å². The van der Waals surface area contributed by atoms with Crippen LogP contribution in [0.3, 0.4) is 0 Å². The number of benzene rings is 1. The van der Waals surface area contributed by atoms with E-state index in [2.05, 4.69) is 5.32 Å². The number of nitrogens with one attached hydrogen (secondary N) is 1. The van der Waals surface area contributed by atoms with Crippen LogP contribution >= 0.6 is 0 Å². The molecular formula is C14H18N2O3. The fourth-order valence-electron chi connectivity index (χ4n) is 1.53. The van der Waals surface area contributed by atoms with Crippen LogP contribution in [0.5, 0.6) is 0 Å². The average molecular weight is 262 g/mol. The highest BCUT2D eigenvalue weighted by Gasteiger charge is 2.06. The van der Waals surface area contributed by atoms with Gasteiger partial charge in [0, 0.05) is 26.2 Å². The summed E-state index contributed by atoms with van der Waals surface area (Å²) in [6.07, 6.45) is 2.62. The summed E-state index contributed by atoms with van der Waals surface area (Å²) in [7, 11) is 1.73. The molecule has 0 heterocycles. The van der Waals surface area contributed by atoms with Crippen molar-refractivity contribution in [3.05, 3.63) is 41.5 Å². The highest BCUT2D eigenvalue weighted by Crippen LogP contribution is 2.08. The second kappa shape index (κ2) is 7.20. The van der Waals surface area contributed by atoms with Crippen molar-refractivity contribution in [3.8, 4) is 0 Å². The molecule has 0 saturated carbocycles. The van der Waals surface area contributed by atoms with Crippen molar-refractivity contribution in [2.45, 2.75) is 13.5 Å². The van der Waals surface area contributed by atoms with Gasteiger partial charge in [0.1, 0.15) is 0 Å². The van der Waals surface area contributed by atoms with Crippen LogP contribution in [0.4, 0.5) is 4.79 Å². The molecule has 1 aromatic rings. The Balaban J connectivity index is 2.61. The summed E-state index contributed by atoms with van der Waals surface area (Å²) in [5, 5.41) is 11.2. The maximum Gasteiger partial charge on any atom is 0.328 e. The van der Waals surface area contributed by atoms with Crippen molar-refractivity contribution >= 4 is 18.1 Å². The Bertz CT molecular complexity index is 466. The molecule has 0 spiro atoms. The van der Waals surface area contributed by atoms with Crippen molar-refractivity contribution in [2.75, 3.05) is 13.6 Å². The molecule has 0 radical (unpaired) electrons. The lowest BCUT2D eigenvalue weighted by Gasteiger charge is -2.17. The minimum atomic E-state index is -0.972. The van der Waals surface area contributed by atoms with Gasteiger partial charge in [-0.3, -0.25) is 0 Å². The van der Waals surface area contributed by atoms with E-state index in [0.29, 0.717) is 13.1 Å². The van der Waals surface area contributed by atoms with E-state index < -0.39 is 5.97 Å².